The molecule has 7 heteroatoms. The number of carboxylic acid groups (broad SMARTS) is 1. The molecule has 148 valence electrons. The lowest BCUT2D eigenvalue weighted by Gasteiger charge is -2.28. The van der Waals surface area contributed by atoms with Crippen molar-refractivity contribution < 1.29 is 9.90 Å². The summed E-state index contributed by atoms with van der Waals surface area (Å²) in [6.45, 7) is 3.78. The number of thioether (sulfide) groups is 1. The molecule has 1 N–H and O–H groups in total. The van der Waals surface area contributed by atoms with E-state index in [1.807, 2.05) is 55.2 Å². The molecular weight excluding hydrogens is 406 g/mol. The van der Waals surface area contributed by atoms with Crippen LogP contribution in [0.2, 0.25) is 5.02 Å². The Kier molecular flexibility index (Phi) is 5.74. The van der Waals surface area contributed by atoms with Crippen LogP contribution in [0.5, 0.6) is 0 Å². The van der Waals surface area contributed by atoms with Gasteiger partial charge in [0.15, 0.2) is 0 Å². The van der Waals surface area contributed by atoms with Crippen molar-refractivity contribution in [1.82, 2.24) is 9.97 Å². The molecule has 5 nitrogen and oxygen atoms in total. The van der Waals surface area contributed by atoms with Gasteiger partial charge < -0.3 is 10.0 Å². The lowest BCUT2D eigenvalue weighted by molar-refractivity contribution is 0.0697. The Bertz CT molecular complexity index is 1050. The Morgan fingerprint density at radius 2 is 1.83 bits per heavy atom. The molecule has 0 amide bonds. The van der Waals surface area contributed by atoms with Crippen LogP contribution in [0.25, 0.3) is 22.5 Å². The van der Waals surface area contributed by atoms with Crippen LogP contribution in [0.15, 0.2) is 48.7 Å². The van der Waals surface area contributed by atoms with Gasteiger partial charge in [-0.2, -0.15) is 11.8 Å². The number of aromatic nitrogens is 2. The van der Waals surface area contributed by atoms with E-state index in [2.05, 4.69) is 4.90 Å². The Morgan fingerprint density at radius 1 is 1.10 bits per heavy atom. The molecule has 29 heavy (non-hydrogen) atoms. The van der Waals surface area contributed by atoms with E-state index in [-0.39, 0.29) is 5.56 Å². The van der Waals surface area contributed by atoms with Crippen LogP contribution in [0.3, 0.4) is 0 Å². The summed E-state index contributed by atoms with van der Waals surface area (Å²) in [5, 5.41) is 9.95. The number of halogens is 1. The van der Waals surface area contributed by atoms with Crippen LogP contribution < -0.4 is 4.90 Å². The Labute approximate surface area is 178 Å². The Morgan fingerprint density at radius 3 is 2.48 bits per heavy atom. The number of aryl methyl sites for hydroxylation is 1. The highest BCUT2D eigenvalue weighted by atomic mass is 35.5. The van der Waals surface area contributed by atoms with Gasteiger partial charge in [0, 0.05) is 40.7 Å². The quantitative estimate of drug-likeness (QED) is 0.632. The minimum atomic E-state index is -0.941. The lowest BCUT2D eigenvalue weighted by atomic mass is 9.98. The number of hydrogen-bond donors (Lipinski definition) is 1. The summed E-state index contributed by atoms with van der Waals surface area (Å²) in [6.07, 6.45) is 1.82. The number of benzene rings is 2. The monoisotopic (exact) mass is 425 g/mol. The van der Waals surface area contributed by atoms with Crippen LogP contribution in [-0.4, -0.2) is 45.6 Å². The fourth-order valence-electron chi connectivity index (χ4n) is 3.39. The molecule has 1 aromatic heterocycles. The summed E-state index contributed by atoms with van der Waals surface area (Å²) in [5.74, 6) is 2.05. The number of carbonyl (C=O) groups is 1. The molecule has 1 saturated heterocycles. The predicted molar refractivity (Wildman–Crippen MR) is 119 cm³/mol. The highest BCUT2D eigenvalue weighted by Crippen LogP contribution is 2.33. The van der Waals surface area contributed by atoms with E-state index < -0.39 is 5.97 Å². The molecule has 0 bridgehead atoms. The summed E-state index contributed by atoms with van der Waals surface area (Å²) in [4.78, 5) is 23.3. The molecule has 4 rings (SSSR count). The number of carboxylic acids is 1. The van der Waals surface area contributed by atoms with E-state index in [9.17, 15) is 9.90 Å². The molecule has 0 spiro atoms. The number of rotatable bonds is 4. The van der Waals surface area contributed by atoms with E-state index in [0.29, 0.717) is 5.02 Å². The number of anilines is 1. The summed E-state index contributed by atoms with van der Waals surface area (Å²) in [7, 11) is 0. The molecule has 1 aliphatic heterocycles. The van der Waals surface area contributed by atoms with Gasteiger partial charge in [-0.15, -0.1) is 0 Å². The zero-order chi connectivity index (χ0) is 20.4. The average molecular weight is 426 g/mol. The molecule has 1 fully saturated rings. The lowest BCUT2D eigenvalue weighted by Crippen LogP contribution is -2.33. The topological polar surface area (TPSA) is 66.3 Å². The number of hydrogen-bond acceptors (Lipinski definition) is 5. The zero-order valence-corrected chi connectivity index (χ0v) is 17.5. The summed E-state index contributed by atoms with van der Waals surface area (Å²) in [5.41, 5.74) is 4.40. The normalized spacial score (nSPS) is 14.1. The molecule has 1 aliphatic rings. The third kappa shape index (κ3) is 4.23. The van der Waals surface area contributed by atoms with E-state index in [0.717, 1.165) is 58.5 Å². The summed E-state index contributed by atoms with van der Waals surface area (Å²) in [6, 6.07) is 12.6. The molecule has 0 unspecified atom stereocenters. The largest absolute Gasteiger partial charge is 0.478 e. The van der Waals surface area contributed by atoms with Gasteiger partial charge in [-0.25, -0.2) is 9.78 Å². The number of nitrogens with zero attached hydrogens (tertiary/aromatic N) is 3. The van der Waals surface area contributed by atoms with E-state index >= 15 is 0 Å². The van der Waals surface area contributed by atoms with Crippen molar-refractivity contribution in [3.05, 3.63) is 64.8 Å². The minimum absolute atomic E-state index is 0.261. The van der Waals surface area contributed by atoms with Gasteiger partial charge in [0.1, 0.15) is 5.82 Å². The molecule has 3 aromatic rings. The second kappa shape index (κ2) is 8.43. The first-order valence-corrected chi connectivity index (χ1v) is 10.9. The van der Waals surface area contributed by atoms with Gasteiger partial charge in [-0.05, 0) is 36.8 Å². The van der Waals surface area contributed by atoms with Gasteiger partial charge in [-0.1, -0.05) is 29.8 Å². The van der Waals surface area contributed by atoms with Crippen LogP contribution in [0, 0.1) is 6.92 Å². The van der Waals surface area contributed by atoms with Crippen LogP contribution in [-0.2, 0) is 0 Å². The van der Waals surface area contributed by atoms with Crippen molar-refractivity contribution in [3.8, 4) is 22.5 Å². The van der Waals surface area contributed by atoms with Crippen molar-refractivity contribution in [2.75, 3.05) is 29.5 Å². The molecule has 0 atom stereocenters. The third-order valence-corrected chi connectivity index (χ3v) is 6.14. The van der Waals surface area contributed by atoms with Crippen molar-refractivity contribution >= 4 is 35.1 Å². The average Bonchev–Trinajstić information content (AvgIpc) is 2.74. The van der Waals surface area contributed by atoms with Gasteiger partial charge in [0.05, 0.1) is 23.1 Å². The first kappa shape index (κ1) is 19.7. The van der Waals surface area contributed by atoms with Crippen molar-refractivity contribution in [2.24, 2.45) is 0 Å². The van der Waals surface area contributed by atoms with E-state index in [1.165, 1.54) is 0 Å². The first-order chi connectivity index (χ1) is 14.0. The highest BCUT2D eigenvalue weighted by molar-refractivity contribution is 7.99. The molecule has 2 heterocycles. The van der Waals surface area contributed by atoms with Crippen molar-refractivity contribution in [2.45, 2.75) is 6.92 Å². The first-order valence-electron chi connectivity index (χ1n) is 9.33. The highest BCUT2D eigenvalue weighted by Gasteiger charge is 2.19. The maximum Gasteiger partial charge on any atom is 0.335 e. The number of aromatic carboxylic acids is 1. The van der Waals surface area contributed by atoms with Crippen molar-refractivity contribution in [1.29, 1.82) is 0 Å². The maximum atomic E-state index is 11.3. The van der Waals surface area contributed by atoms with Gasteiger partial charge in [0.2, 0.25) is 0 Å². The molecule has 0 aliphatic carbocycles. The zero-order valence-electron chi connectivity index (χ0n) is 15.9. The summed E-state index contributed by atoms with van der Waals surface area (Å²) >= 11 is 8.00. The molecular formula is C22H20ClN3O2S. The fourth-order valence-corrected chi connectivity index (χ4v) is 4.42. The standard InChI is InChI=1S/C22H20ClN3O2S/c1-14-12-16(22(27)28)4-7-18(14)21-20(15-2-5-17(23)6-3-15)24-13-19(25-21)26-8-10-29-11-9-26/h2-7,12-13H,8-11H2,1H3,(H,27,28). The van der Waals surface area contributed by atoms with Crippen LogP contribution in [0.1, 0.15) is 15.9 Å². The molecule has 2 aromatic carbocycles. The third-order valence-electron chi connectivity index (χ3n) is 4.94. The SMILES string of the molecule is Cc1cc(C(=O)O)ccc1-c1nc(N2CCSCC2)cnc1-c1ccc(Cl)cc1. The van der Waals surface area contributed by atoms with Crippen molar-refractivity contribution in [3.63, 3.8) is 0 Å². The second-order valence-corrected chi connectivity index (χ2v) is 8.53. The van der Waals surface area contributed by atoms with Gasteiger partial charge >= 0.3 is 5.97 Å². The summed E-state index contributed by atoms with van der Waals surface area (Å²) < 4.78 is 0. The van der Waals surface area contributed by atoms with Gasteiger partial charge in [0.25, 0.3) is 0 Å². The van der Waals surface area contributed by atoms with E-state index in [1.54, 1.807) is 12.1 Å². The van der Waals surface area contributed by atoms with E-state index in [4.69, 9.17) is 21.6 Å². The predicted octanol–water partition coefficient (Wildman–Crippen LogP) is 5.02. The van der Waals surface area contributed by atoms with Gasteiger partial charge in [-0.3, -0.25) is 4.98 Å². The molecule has 0 radical (unpaired) electrons. The molecule has 0 saturated carbocycles. The Hall–Kier alpha value is -2.57. The van der Waals surface area contributed by atoms with Crippen LogP contribution >= 0.6 is 23.4 Å². The van der Waals surface area contributed by atoms with Crippen LogP contribution in [0.4, 0.5) is 5.82 Å². The Balaban J connectivity index is 1.85. The smallest absolute Gasteiger partial charge is 0.335 e. The fraction of sp³-hybridized carbons (Fsp3) is 0.227. The maximum absolute atomic E-state index is 11.3. The second-order valence-electron chi connectivity index (χ2n) is 6.87. The minimum Gasteiger partial charge on any atom is -0.478 e.